The first kappa shape index (κ1) is 15.5. The second-order valence-corrected chi connectivity index (χ2v) is 6.49. The van der Waals surface area contributed by atoms with Gasteiger partial charge in [-0.1, -0.05) is 23.7 Å². The lowest BCUT2D eigenvalue weighted by Gasteiger charge is -2.14. The Morgan fingerprint density at radius 1 is 1.24 bits per heavy atom. The van der Waals surface area contributed by atoms with Gasteiger partial charge in [-0.05, 0) is 36.8 Å². The Balaban J connectivity index is 2.50. The van der Waals surface area contributed by atoms with Crippen molar-refractivity contribution in [3.63, 3.8) is 0 Å². The molecule has 0 aliphatic rings. The van der Waals surface area contributed by atoms with Crippen molar-refractivity contribution in [2.45, 2.75) is 11.8 Å². The average molecular weight is 327 g/mol. The number of methoxy groups -OCH3 is 1. The van der Waals surface area contributed by atoms with Crippen LogP contribution in [0, 0.1) is 6.92 Å². The summed E-state index contributed by atoms with van der Waals surface area (Å²) in [5.41, 5.74) is 7.03. The number of nitrogens with two attached hydrogens (primary N) is 1. The van der Waals surface area contributed by atoms with Gasteiger partial charge < -0.3 is 10.5 Å². The molecule has 5 nitrogen and oxygen atoms in total. The van der Waals surface area contributed by atoms with E-state index in [9.17, 15) is 8.42 Å². The lowest BCUT2D eigenvalue weighted by Crippen LogP contribution is -2.16. The minimum absolute atomic E-state index is 0.0640. The predicted octanol–water partition coefficient (Wildman–Crippen LogP) is 3.04. The van der Waals surface area contributed by atoms with Crippen LogP contribution in [0.4, 0.5) is 11.4 Å². The number of anilines is 2. The van der Waals surface area contributed by atoms with Crippen molar-refractivity contribution in [2.24, 2.45) is 0 Å². The molecule has 2 aromatic rings. The summed E-state index contributed by atoms with van der Waals surface area (Å²) in [5.74, 6) is 0.412. The Morgan fingerprint density at radius 3 is 2.57 bits per heavy atom. The van der Waals surface area contributed by atoms with E-state index >= 15 is 0 Å². The molecule has 0 spiro atoms. The van der Waals surface area contributed by atoms with E-state index in [0.29, 0.717) is 11.4 Å². The normalized spacial score (nSPS) is 11.2. The fourth-order valence-corrected chi connectivity index (χ4v) is 3.65. The third-order valence-electron chi connectivity index (χ3n) is 2.87. The van der Waals surface area contributed by atoms with Crippen molar-refractivity contribution in [3.05, 3.63) is 47.0 Å². The van der Waals surface area contributed by atoms with Crippen molar-refractivity contribution in [2.75, 3.05) is 17.6 Å². The summed E-state index contributed by atoms with van der Waals surface area (Å²) in [6.45, 7) is 1.85. The lowest BCUT2D eigenvalue weighted by molar-refractivity contribution is 0.417. The standard InChI is InChI=1S/C14H15ClN2O3S/c1-9-6-7-13(20-2)12(8-9)17-21(18,19)14-10(15)4-3-5-11(14)16/h3-8,17H,16H2,1-2H3. The zero-order valence-corrected chi connectivity index (χ0v) is 13.1. The Kier molecular flexibility index (Phi) is 4.29. The van der Waals surface area contributed by atoms with Crippen LogP contribution in [0.3, 0.4) is 0 Å². The van der Waals surface area contributed by atoms with Gasteiger partial charge in [0.15, 0.2) is 0 Å². The van der Waals surface area contributed by atoms with Crippen LogP contribution >= 0.6 is 11.6 Å². The topological polar surface area (TPSA) is 81.4 Å². The van der Waals surface area contributed by atoms with Gasteiger partial charge in [-0.2, -0.15) is 0 Å². The van der Waals surface area contributed by atoms with E-state index < -0.39 is 10.0 Å². The van der Waals surface area contributed by atoms with Crippen LogP contribution in [0.25, 0.3) is 0 Å². The molecule has 112 valence electrons. The number of hydrogen-bond acceptors (Lipinski definition) is 4. The molecule has 2 rings (SSSR count). The maximum atomic E-state index is 12.5. The van der Waals surface area contributed by atoms with Crippen LogP contribution in [-0.2, 0) is 10.0 Å². The molecule has 0 saturated heterocycles. The van der Waals surface area contributed by atoms with Crippen LogP contribution in [0.15, 0.2) is 41.3 Å². The van der Waals surface area contributed by atoms with E-state index in [-0.39, 0.29) is 15.6 Å². The van der Waals surface area contributed by atoms with Crippen molar-refractivity contribution in [1.82, 2.24) is 0 Å². The molecule has 0 aromatic heterocycles. The fraction of sp³-hybridized carbons (Fsp3) is 0.143. The van der Waals surface area contributed by atoms with Gasteiger partial charge in [0.25, 0.3) is 10.0 Å². The van der Waals surface area contributed by atoms with Crippen molar-refractivity contribution in [3.8, 4) is 5.75 Å². The van der Waals surface area contributed by atoms with Crippen molar-refractivity contribution in [1.29, 1.82) is 0 Å². The van der Waals surface area contributed by atoms with Gasteiger partial charge in [0.1, 0.15) is 10.6 Å². The third kappa shape index (κ3) is 3.22. The number of ether oxygens (including phenoxy) is 1. The zero-order valence-electron chi connectivity index (χ0n) is 11.6. The molecular weight excluding hydrogens is 312 g/mol. The minimum Gasteiger partial charge on any atom is -0.495 e. The summed E-state index contributed by atoms with van der Waals surface area (Å²) in [7, 11) is -2.45. The number of nitrogen functional groups attached to an aromatic ring is 1. The van der Waals surface area contributed by atoms with Gasteiger partial charge in [-0.15, -0.1) is 0 Å². The van der Waals surface area contributed by atoms with Gasteiger partial charge in [0.2, 0.25) is 0 Å². The van der Waals surface area contributed by atoms with Gasteiger partial charge in [0.05, 0.1) is 23.5 Å². The van der Waals surface area contributed by atoms with Gasteiger partial charge >= 0.3 is 0 Å². The zero-order chi connectivity index (χ0) is 15.6. The molecule has 0 aliphatic heterocycles. The summed E-state index contributed by atoms with van der Waals surface area (Å²) in [4.78, 5) is -0.143. The largest absolute Gasteiger partial charge is 0.495 e. The van der Waals surface area contributed by atoms with Gasteiger partial charge in [-0.25, -0.2) is 8.42 Å². The molecule has 21 heavy (non-hydrogen) atoms. The SMILES string of the molecule is COc1ccc(C)cc1NS(=O)(=O)c1c(N)cccc1Cl. The van der Waals surface area contributed by atoms with Crippen molar-refractivity contribution < 1.29 is 13.2 Å². The van der Waals surface area contributed by atoms with E-state index in [1.807, 2.05) is 13.0 Å². The van der Waals surface area contributed by atoms with Crippen LogP contribution < -0.4 is 15.2 Å². The smallest absolute Gasteiger partial charge is 0.265 e. The first-order chi connectivity index (χ1) is 9.85. The molecule has 2 aromatic carbocycles. The second kappa shape index (κ2) is 5.83. The van der Waals surface area contributed by atoms with Crippen molar-refractivity contribution >= 4 is 33.0 Å². The second-order valence-electron chi connectivity index (χ2n) is 4.47. The first-order valence-electron chi connectivity index (χ1n) is 6.06. The first-order valence-corrected chi connectivity index (χ1v) is 7.92. The van der Waals surface area contributed by atoms with Crippen LogP contribution in [-0.4, -0.2) is 15.5 Å². The highest BCUT2D eigenvalue weighted by Gasteiger charge is 2.22. The Morgan fingerprint density at radius 2 is 1.95 bits per heavy atom. The van der Waals surface area contributed by atoms with E-state index in [4.69, 9.17) is 22.1 Å². The third-order valence-corrected chi connectivity index (χ3v) is 4.77. The minimum atomic E-state index is -3.91. The summed E-state index contributed by atoms with van der Waals surface area (Å²) in [6, 6.07) is 9.71. The number of aryl methyl sites for hydroxylation is 1. The molecule has 0 heterocycles. The molecule has 0 bridgehead atoms. The molecular formula is C14H15ClN2O3S. The molecule has 3 N–H and O–H groups in total. The maximum absolute atomic E-state index is 12.5. The molecule has 0 saturated carbocycles. The molecule has 0 aliphatic carbocycles. The molecule has 7 heteroatoms. The Bertz CT molecular complexity index is 756. The highest BCUT2D eigenvalue weighted by atomic mass is 35.5. The van der Waals surface area contributed by atoms with Crippen LogP contribution in [0.1, 0.15) is 5.56 Å². The fourth-order valence-electron chi connectivity index (χ4n) is 1.91. The number of rotatable bonds is 4. The summed E-state index contributed by atoms with van der Waals surface area (Å²) in [5, 5.41) is 0.0640. The van der Waals surface area contributed by atoms with Crippen LogP contribution in [0.5, 0.6) is 5.75 Å². The molecule has 0 radical (unpaired) electrons. The summed E-state index contributed by atoms with van der Waals surface area (Å²) < 4.78 is 32.6. The monoisotopic (exact) mass is 326 g/mol. The number of hydrogen-bond donors (Lipinski definition) is 2. The molecule has 0 unspecified atom stereocenters. The predicted molar refractivity (Wildman–Crippen MR) is 84.4 cm³/mol. The van der Waals surface area contributed by atoms with Gasteiger partial charge in [-0.3, -0.25) is 4.72 Å². The molecule has 0 amide bonds. The highest BCUT2D eigenvalue weighted by Crippen LogP contribution is 2.32. The molecule has 0 fully saturated rings. The number of halogens is 1. The average Bonchev–Trinajstić information content (AvgIpc) is 2.37. The molecule has 0 atom stereocenters. The van der Waals surface area contributed by atoms with Crippen LogP contribution in [0.2, 0.25) is 5.02 Å². The lowest BCUT2D eigenvalue weighted by atomic mass is 10.2. The summed E-state index contributed by atoms with van der Waals surface area (Å²) in [6.07, 6.45) is 0. The van der Waals surface area contributed by atoms with E-state index in [0.717, 1.165) is 5.56 Å². The van der Waals surface area contributed by atoms with E-state index in [1.165, 1.54) is 19.2 Å². The summed E-state index contributed by atoms with van der Waals surface area (Å²) >= 11 is 5.95. The quantitative estimate of drug-likeness (QED) is 0.846. The van der Waals surface area contributed by atoms with E-state index in [2.05, 4.69) is 4.72 Å². The van der Waals surface area contributed by atoms with Gasteiger partial charge in [0, 0.05) is 0 Å². The van der Waals surface area contributed by atoms with E-state index in [1.54, 1.807) is 18.2 Å². The Hall–Kier alpha value is -1.92. The Labute approximate surface area is 128 Å². The highest BCUT2D eigenvalue weighted by molar-refractivity contribution is 7.93. The number of sulfonamides is 1. The number of benzene rings is 2. The maximum Gasteiger partial charge on any atom is 0.265 e. The number of nitrogens with one attached hydrogen (secondary N) is 1.